The highest BCUT2D eigenvalue weighted by atomic mass is 16.6. The van der Waals surface area contributed by atoms with Crippen molar-refractivity contribution in [3.8, 4) is 5.69 Å². The van der Waals surface area contributed by atoms with Crippen molar-refractivity contribution in [2.75, 3.05) is 5.32 Å². The number of hydrogen-bond donors (Lipinski definition) is 1. The SMILES string of the molecule is Cc1ccc(NC(=O)CCCn2c(=O)oc3cc([N+](=O)[O-])ccc32)cc1-n1nnnc1C. The average Bonchev–Trinajstić information content (AvgIpc) is 3.31. The van der Waals surface area contributed by atoms with E-state index in [0.717, 1.165) is 11.3 Å². The molecule has 0 unspecified atom stereocenters. The molecule has 0 bridgehead atoms. The molecule has 0 spiro atoms. The van der Waals surface area contributed by atoms with Crippen molar-refractivity contribution < 1.29 is 14.1 Å². The van der Waals surface area contributed by atoms with Crippen LogP contribution < -0.4 is 11.1 Å². The molecule has 0 radical (unpaired) electrons. The molecule has 4 rings (SSSR count). The van der Waals surface area contributed by atoms with Crippen LogP contribution in [-0.4, -0.2) is 35.6 Å². The number of aryl methyl sites for hydroxylation is 3. The molecule has 12 nitrogen and oxygen atoms in total. The molecule has 0 aliphatic heterocycles. The Balaban J connectivity index is 1.41. The van der Waals surface area contributed by atoms with Crippen LogP contribution in [0.25, 0.3) is 16.8 Å². The summed E-state index contributed by atoms with van der Waals surface area (Å²) in [5.41, 5.74) is 2.73. The number of nitrogens with zero attached hydrogens (tertiary/aromatic N) is 6. The normalized spacial score (nSPS) is 11.1. The number of oxazole rings is 1. The summed E-state index contributed by atoms with van der Waals surface area (Å²) < 4.78 is 8.04. The van der Waals surface area contributed by atoms with Crippen molar-refractivity contribution in [3.05, 3.63) is 68.5 Å². The number of anilines is 1. The number of carbonyl (C=O) groups is 1. The molecule has 0 aliphatic carbocycles. The molecule has 164 valence electrons. The van der Waals surface area contributed by atoms with E-state index in [1.165, 1.54) is 22.8 Å². The number of non-ortho nitro benzene ring substituents is 1. The molecular weight excluding hydrogens is 418 g/mol. The number of nitrogens with one attached hydrogen (secondary N) is 1. The van der Waals surface area contributed by atoms with Gasteiger partial charge in [0.1, 0.15) is 0 Å². The average molecular weight is 437 g/mol. The monoisotopic (exact) mass is 437 g/mol. The maximum atomic E-state index is 12.4. The second kappa shape index (κ2) is 8.41. The van der Waals surface area contributed by atoms with Crippen LogP contribution in [0.15, 0.2) is 45.6 Å². The van der Waals surface area contributed by atoms with Crippen LogP contribution >= 0.6 is 0 Å². The summed E-state index contributed by atoms with van der Waals surface area (Å²) in [5, 5.41) is 25.2. The molecule has 32 heavy (non-hydrogen) atoms. The molecule has 0 saturated heterocycles. The van der Waals surface area contributed by atoms with Crippen LogP contribution in [0.2, 0.25) is 0 Å². The van der Waals surface area contributed by atoms with Crippen molar-refractivity contribution in [2.45, 2.75) is 33.2 Å². The predicted octanol–water partition coefficient (Wildman–Crippen LogP) is 2.51. The van der Waals surface area contributed by atoms with E-state index in [4.69, 9.17) is 4.42 Å². The van der Waals surface area contributed by atoms with E-state index in [1.54, 1.807) is 23.7 Å². The number of fused-ring (bicyclic) bond motifs is 1. The summed E-state index contributed by atoms with van der Waals surface area (Å²) in [5.74, 6) is -0.217. The Bertz CT molecular complexity index is 1380. The minimum Gasteiger partial charge on any atom is -0.407 e. The van der Waals surface area contributed by atoms with Gasteiger partial charge in [-0.05, 0) is 54.5 Å². The van der Waals surface area contributed by atoms with Gasteiger partial charge in [0.2, 0.25) is 5.91 Å². The molecular formula is C20H19N7O5. The lowest BCUT2D eigenvalue weighted by molar-refractivity contribution is -0.384. The number of rotatable bonds is 7. The van der Waals surface area contributed by atoms with Crippen LogP contribution in [-0.2, 0) is 11.3 Å². The Morgan fingerprint density at radius 3 is 2.75 bits per heavy atom. The number of nitro benzene ring substituents is 1. The molecule has 2 heterocycles. The fraction of sp³-hybridized carbons (Fsp3) is 0.250. The second-order valence-electron chi connectivity index (χ2n) is 7.22. The molecule has 2 aromatic carbocycles. The number of hydrogen-bond acceptors (Lipinski definition) is 8. The Morgan fingerprint density at radius 2 is 2.03 bits per heavy atom. The number of carbonyl (C=O) groups excluding carboxylic acids is 1. The van der Waals surface area contributed by atoms with E-state index in [9.17, 15) is 19.7 Å². The fourth-order valence-corrected chi connectivity index (χ4v) is 3.37. The van der Waals surface area contributed by atoms with Crippen molar-refractivity contribution in [1.29, 1.82) is 0 Å². The van der Waals surface area contributed by atoms with Gasteiger partial charge in [-0.2, -0.15) is 4.68 Å². The summed E-state index contributed by atoms with van der Waals surface area (Å²) in [6.45, 7) is 3.94. The maximum absolute atomic E-state index is 12.4. The van der Waals surface area contributed by atoms with Gasteiger partial charge in [0.05, 0.1) is 22.2 Å². The molecule has 1 N–H and O–H groups in total. The number of tetrazole rings is 1. The summed E-state index contributed by atoms with van der Waals surface area (Å²) in [7, 11) is 0. The summed E-state index contributed by atoms with van der Waals surface area (Å²) >= 11 is 0. The quantitative estimate of drug-likeness (QED) is 0.342. The number of aromatic nitrogens is 5. The minimum atomic E-state index is -0.624. The zero-order valence-corrected chi connectivity index (χ0v) is 17.3. The topological polar surface area (TPSA) is 151 Å². The number of benzene rings is 2. The van der Waals surface area contributed by atoms with E-state index in [2.05, 4.69) is 20.8 Å². The smallest absolute Gasteiger partial charge is 0.407 e. The third-order valence-electron chi connectivity index (χ3n) is 4.99. The van der Waals surface area contributed by atoms with Crippen molar-refractivity contribution in [3.63, 3.8) is 0 Å². The van der Waals surface area contributed by atoms with Crippen molar-refractivity contribution >= 4 is 28.4 Å². The van der Waals surface area contributed by atoms with Crippen LogP contribution in [0.4, 0.5) is 11.4 Å². The van der Waals surface area contributed by atoms with E-state index >= 15 is 0 Å². The molecule has 0 aliphatic rings. The summed E-state index contributed by atoms with van der Waals surface area (Å²) in [6, 6.07) is 9.42. The van der Waals surface area contributed by atoms with Gasteiger partial charge in [-0.25, -0.2) is 4.79 Å². The highest BCUT2D eigenvalue weighted by Gasteiger charge is 2.15. The van der Waals surface area contributed by atoms with Gasteiger partial charge in [-0.15, -0.1) is 5.10 Å². The van der Waals surface area contributed by atoms with Crippen LogP contribution in [0.3, 0.4) is 0 Å². The maximum Gasteiger partial charge on any atom is 0.419 e. The first-order chi connectivity index (χ1) is 15.3. The third kappa shape index (κ3) is 4.10. The van der Waals surface area contributed by atoms with E-state index in [0.29, 0.717) is 23.4 Å². The molecule has 12 heteroatoms. The Hall–Kier alpha value is -4.35. The zero-order chi connectivity index (χ0) is 22.8. The zero-order valence-electron chi connectivity index (χ0n) is 17.3. The van der Waals surface area contributed by atoms with E-state index in [1.807, 2.05) is 13.0 Å². The van der Waals surface area contributed by atoms with Gasteiger partial charge in [0.15, 0.2) is 11.4 Å². The molecule has 0 atom stereocenters. The fourth-order valence-electron chi connectivity index (χ4n) is 3.37. The van der Waals surface area contributed by atoms with Gasteiger partial charge in [-0.1, -0.05) is 6.07 Å². The molecule has 1 amide bonds. The minimum absolute atomic E-state index is 0.138. The lowest BCUT2D eigenvalue weighted by Crippen LogP contribution is -2.17. The van der Waals surface area contributed by atoms with Crippen molar-refractivity contribution in [2.24, 2.45) is 0 Å². The van der Waals surface area contributed by atoms with E-state index < -0.39 is 10.7 Å². The van der Waals surface area contributed by atoms with Gasteiger partial charge in [0, 0.05) is 24.7 Å². The molecule has 4 aromatic rings. The Morgan fingerprint density at radius 1 is 1.22 bits per heavy atom. The standard InChI is InChI=1S/C20H19N7O5/c1-12-5-6-14(10-17(12)26-13(2)22-23-24-26)21-19(28)4-3-9-25-16-8-7-15(27(30)31)11-18(16)32-20(25)29/h5-8,10-11H,3-4,9H2,1-2H3,(H,21,28). The van der Waals surface area contributed by atoms with E-state index in [-0.39, 0.29) is 30.1 Å². The van der Waals surface area contributed by atoms with Crippen LogP contribution in [0.1, 0.15) is 24.2 Å². The van der Waals surface area contributed by atoms with Crippen molar-refractivity contribution in [1.82, 2.24) is 24.8 Å². The van der Waals surface area contributed by atoms with Crippen LogP contribution in [0.5, 0.6) is 0 Å². The summed E-state index contributed by atoms with van der Waals surface area (Å²) in [4.78, 5) is 34.8. The first-order valence-electron chi connectivity index (χ1n) is 9.77. The number of amides is 1. The highest BCUT2D eigenvalue weighted by molar-refractivity contribution is 5.91. The largest absolute Gasteiger partial charge is 0.419 e. The predicted molar refractivity (Wildman–Crippen MR) is 114 cm³/mol. The van der Waals surface area contributed by atoms with Gasteiger partial charge in [0.25, 0.3) is 5.69 Å². The first kappa shape index (κ1) is 20.9. The molecule has 0 saturated carbocycles. The molecule has 2 aromatic heterocycles. The molecule has 0 fully saturated rings. The lowest BCUT2D eigenvalue weighted by atomic mass is 10.1. The summed E-state index contributed by atoms with van der Waals surface area (Å²) in [6.07, 6.45) is 0.543. The van der Waals surface area contributed by atoms with Gasteiger partial charge >= 0.3 is 5.76 Å². The lowest BCUT2D eigenvalue weighted by Gasteiger charge is -2.10. The first-order valence-corrected chi connectivity index (χ1v) is 9.77. The second-order valence-corrected chi connectivity index (χ2v) is 7.22. The van der Waals surface area contributed by atoms with Gasteiger partial charge < -0.3 is 9.73 Å². The number of nitro groups is 1. The highest BCUT2D eigenvalue weighted by Crippen LogP contribution is 2.21. The van der Waals surface area contributed by atoms with Crippen LogP contribution in [0, 0.1) is 24.0 Å². The van der Waals surface area contributed by atoms with Gasteiger partial charge in [-0.3, -0.25) is 19.5 Å². The Kier molecular flexibility index (Phi) is 5.50. The third-order valence-corrected chi connectivity index (χ3v) is 4.99. The Labute approximate surface area is 180 Å².